The van der Waals surface area contributed by atoms with Gasteiger partial charge in [0.15, 0.2) is 0 Å². The van der Waals surface area contributed by atoms with Crippen molar-refractivity contribution in [1.82, 2.24) is 4.98 Å². The van der Waals surface area contributed by atoms with Gasteiger partial charge in [-0.2, -0.15) is 0 Å². The molecule has 0 aliphatic carbocycles. The molecule has 5 heteroatoms. The molecular weight excluding hydrogens is 151 g/mol. The van der Waals surface area contributed by atoms with Crippen molar-refractivity contribution in [1.29, 1.82) is 0 Å². The molecule has 0 radical (unpaired) electrons. The molecule has 0 aliphatic rings. The summed E-state index contributed by atoms with van der Waals surface area (Å²) in [6.45, 7) is 0. The SMILES string of the molecule is O=C(O)Nc1cc(F)ccn1. The fourth-order valence-electron chi connectivity index (χ4n) is 0.583. The summed E-state index contributed by atoms with van der Waals surface area (Å²) in [7, 11) is 0. The van der Waals surface area contributed by atoms with Gasteiger partial charge in [0.05, 0.1) is 0 Å². The Bertz CT molecular complexity index is 277. The van der Waals surface area contributed by atoms with Gasteiger partial charge in [-0.25, -0.2) is 14.2 Å². The lowest BCUT2D eigenvalue weighted by molar-refractivity contribution is 0.209. The first kappa shape index (κ1) is 7.46. The van der Waals surface area contributed by atoms with E-state index in [0.29, 0.717) is 0 Å². The first-order valence-electron chi connectivity index (χ1n) is 2.80. The molecule has 0 bridgehead atoms. The average molecular weight is 156 g/mol. The van der Waals surface area contributed by atoms with Gasteiger partial charge in [0.2, 0.25) is 0 Å². The maximum atomic E-state index is 12.3. The van der Waals surface area contributed by atoms with E-state index in [2.05, 4.69) is 4.98 Å². The Morgan fingerprint density at radius 2 is 2.45 bits per heavy atom. The number of hydrogen-bond acceptors (Lipinski definition) is 2. The molecule has 0 saturated heterocycles. The molecule has 11 heavy (non-hydrogen) atoms. The molecule has 4 nitrogen and oxygen atoms in total. The maximum absolute atomic E-state index is 12.3. The average Bonchev–Trinajstić information content (AvgIpc) is 1.85. The molecule has 1 aromatic rings. The fraction of sp³-hybridized carbons (Fsp3) is 0. The number of amides is 1. The molecular formula is C6H5FN2O2. The maximum Gasteiger partial charge on any atom is 0.410 e. The lowest BCUT2D eigenvalue weighted by Crippen LogP contribution is -2.08. The van der Waals surface area contributed by atoms with E-state index in [9.17, 15) is 9.18 Å². The molecule has 0 spiro atoms. The van der Waals surface area contributed by atoms with Crippen molar-refractivity contribution in [2.75, 3.05) is 5.32 Å². The van der Waals surface area contributed by atoms with E-state index < -0.39 is 11.9 Å². The molecule has 0 atom stereocenters. The number of hydrogen-bond donors (Lipinski definition) is 2. The summed E-state index contributed by atoms with van der Waals surface area (Å²) in [5.41, 5.74) is 0. The first-order chi connectivity index (χ1) is 5.18. The Morgan fingerprint density at radius 3 is 3.00 bits per heavy atom. The summed E-state index contributed by atoms with van der Waals surface area (Å²) >= 11 is 0. The van der Waals surface area contributed by atoms with Crippen LogP contribution in [0.4, 0.5) is 15.0 Å². The van der Waals surface area contributed by atoms with Gasteiger partial charge in [0.1, 0.15) is 11.6 Å². The van der Waals surface area contributed by atoms with Crippen LogP contribution in [-0.4, -0.2) is 16.2 Å². The van der Waals surface area contributed by atoms with Crippen LogP contribution in [0.1, 0.15) is 0 Å². The van der Waals surface area contributed by atoms with Gasteiger partial charge < -0.3 is 5.11 Å². The summed E-state index contributed by atoms with van der Waals surface area (Å²) < 4.78 is 12.3. The van der Waals surface area contributed by atoms with Crippen LogP contribution < -0.4 is 5.32 Å². The summed E-state index contributed by atoms with van der Waals surface area (Å²) in [5.74, 6) is -0.541. The van der Waals surface area contributed by atoms with Crippen LogP contribution in [0.5, 0.6) is 0 Å². The van der Waals surface area contributed by atoms with Crippen LogP contribution in [0, 0.1) is 5.82 Å². The van der Waals surface area contributed by atoms with Gasteiger partial charge in [-0.3, -0.25) is 5.32 Å². The molecule has 2 N–H and O–H groups in total. The molecule has 58 valence electrons. The molecule has 1 heterocycles. The Balaban J connectivity index is 2.79. The topological polar surface area (TPSA) is 62.2 Å². The summed E-state index contributed by atoms with van der Waals surface area (Å²) in [5, 5.41) is 10.1. The predicted molar refractivity (Wildman–Crippen MR) is 35.8 cm³/mol. The number of nitrogens with one attached hydrogen (secondary N) is 1. The van der Waals surface area contributed by atoms with Crippen molar-refractivity contribution in [3.8, 4) is 0 Å². The second kappa shape index (κ2) is 2.96. The second-order valence-corrected chi connectivity index (χ2v) is 1.79. The number of carbonyl (C=O) groups is 1. The largest absolute Gasteiger partial charge is 0.465 e. The molecule has 0 unspecified atom stereocenters. The zero-order chi connectivity index (χ0) is 8.27. The van der Waals surface area contributed by atoms with Crippen molar-refractivity contribution in [2.24, 2.45) is 0 Å². The van der Waals surface area contributed by atoms with Crippen LogP contribution in [0.15, 0.2) is 18.3 Å². The quantitative estimate of drug-likeness (QED) is 0.644. The van der Waals surface area contributed by atoms with E-state index in [1.165, 1.54) is 6.20 Å². The minimum Gasteiger partial charge on any atom is -0.465 e. The van der Waals surface area contributed by atoms with Crippen LogP contribution in [0.3, 0.4) is 0 Å². The monoisotopic (exact) mass is 156 g/mol. The van der Waals surface area contributed by atoms with Crippen molar-refractivity contribution in [3.05, 3.63) is 24.1 Å². The van der Waals surface area contributed by atoms with E-state index in [1.807, 2.05) is 5.32 Å². The van der Waals surface area contributed by atoms with Gasteiger partial charge in [0.25, 0.3) is 0 Å². The van der Waals surface area contributed by atoms with Gasteiger partial charge in [-0.15, -0.1) is 0 Å². The van der Waals surface area contributed by atoms with Crippen LogP contribution in [0.25, 0.3) is 0 Å². The van der Waals surface area contributed by atoms with E-state index in [0.717, 1.165) is 12.1 Å². The van der Waals surface area contributed by atoms with E-state index in [-0.39, 0.29) is 5.82 Å². The highest BCUT2D eigenvalue weighted by Crippen LogP contribution is 2.03. The number of carboxylic acid groups (broad SMARTS) is 1. The van der Waals surface area contributed by atoms with Crippen molar-refractivity contribution >= 4 is 11.9 Å². The highest BCUT2D eigenvalue weighted by atomic mass is 19.1. The number of aromatic nitrogens is 1. The van der Waals surface area contributed by atoms with Crippen LogP contribution in [0.2, 0.25) is 0 Å². The molecule has 0 saturated carbocycles. The standard InChI is InChI=1S/C6H5FN2O2/c7-4-1-2-8-5(3-4)9-6(10)11/h1-3H,(H,8,9)(H,10,11). The predicted octanol–water partition coefficient (Wildman–Crippen LogP) is 1.31. The van der Waals surface area contributed by atoms with Crippen LogP contribution >= 0.6 is 0 Å². The lowest BCUT2D eigenvalue weighted by Gasteiger charge is -1.97. The number of anilines is 1. The Hall–Kier alpha value is -1.65. The third kappa shape index (κ3) is 2.21. The highest BCUT2D eigenvalue weighted by molar-refractivity contribution is 5.81. The Labute approximate surface area is 61.7 Å². The van der Waals surface area contributed by atoms with E-state index in [4.69, 9.17) is 5.11 Å². The van der Waals surface area contributed by atoms with Crippen LogP contribution in [-0.2, 0) is 0 Å². The molecule has 1 amide bonds. The number of halogens is 1. The van der Waals surface area contributed by atoms with Crippen molar-refractivity contribution < 1.29 is 14.3 Å². The Morgan fingerprint density at radius 1 is 1.73 bits per heavy atom. The minimum absolute atomic E-state index is 0.0162. The number of rotatable bonds is 1. The van der Waals surface area contributed by atoms with Crippen molar-refractivity contribution in [3.63, 3.8) is 0 Å². The smallest absolute Gasteiger partial charge is 0.410 e. The first-order valence-corrected chi connectivity index (χ1v) is 2.80. The minimum atomic E-state index is -1.26. The van der Waals surface area contributed by atoms with Gasteiger partial charge >= 0.3 is 6.09 Å². The van der Waals surface area contributed by atoms with E-state index >= 15 is 0 Å². The summed E-state index contributed by atoms with van der Waals surface area (Å²) in [6.07, 6.45) is -0.0799. The van der Waals surface area contributed by atoms with Gasteiger partial charge in [-0.05, 0) is 6.07 Å². The summed E-state index contributed by atoms with van der Waals surface area (Å²) in [4.78, 5) is 13.6. The molecule has 1 rings (SSSR count). The normalized spacial score (nSPS) is 9.18. The molecule has 0 aliphatic heterocycles. The lowest BCUT2D eigenvalue weighted by atomic mass is 10.4. The number of pyridine rings is 1. The summed E-state index contributed by atoms with van der Waals surface area (Å²) in [6, 6.07) is 2.13. The third-order valence-corrected chi connectivity index (χ3v) is 0.957. The zero-order valence-corrected chi connectivity index (χ0v) is 5.41. The van der Waals surface area contributed by atoms with E-state index in [1.54, 1.807) is 0 Å². The zero-order valence-electron chi connectivity index (χ0n) is 5.41. The highest BCUT2D eigenvalue weighted by Gasteiger charge is 1.98. The molecule has 0 fully saturated rings. The fourth-order valence-corrected chi connectivity index (χ4v) is 0.583. The second-order valence-electron chi connectivity index (χ2n) is 1.79. The van der Waals surface area contributed by atoms with Gasteiger partial charge in [0, 0.05) is 12.3 Å². The third-order valence-electron chi connectivity index (χ3n) is 0.957. The molecule has 0 aromatic carbocycles. The molecule has 1 aromatic heterocycles. The number of nitrogens with zero attached hydrogens (tertiary/aromatic N) is 1. The Kier molecular flexibility index (Phi) is 2.00. The van der Waals surface area contributed by atoms with Gasteiger partial charge in [-0.1, -0.05) is 0 Å². The van der Waals surface area contributed by atoms with Crippen molar-refractivity contribution in [2.45, 2.75) is 0 Å².